The molecule has 15 heavy (non-hydrogen) atoms. The maximum atomic E-state index is 9.80. The number of hydrogen-bond donors (Lipinski definition) is 2. The Bertz CT molecular complexity index is 206. The normalized spacial score (nSPS) is 42.6. The van der Waals surface area contributed by atoms with Crippen LogP contribution in [0, 0.1) is 0 Å². The van der Waals surface area contributed by atoms with Crippen LogP contribution in [0.15, 0.2) is 0 Å². The highest BCUT2D eigenvalue weighted by Gasteiger charge is 2.36. The minimum absolute atomic E-state index is 0. The van der Waals surface area contributed by atoms with E-state index in [4.69, 9.17) is 4.74 Å². The zero-order valence-corrected chi connectivity index (χ0v) is 10.2. The molecule has 2 fully saturated rings. The third kappa shape index (κ3) is 2.82. The van der Waals surface area contributed by atoms with Gasteiger partial charge in [0, 0.05) is 31.7 Å². The second-order valence-electron chi connectivity index (χ2n) is 4.48. The number of halogens is 1. The average molecular weight is 237 g/mol. The van der Waals surface area contributed by atoms with E-state index in [0.717, 1.165) is 26.2 Å². The van der Waals surface area contributed by atoms with Crippen LogP contribution in [-0.2, 0) is 4.74 Å². The van der Waals surface area contributed by atoms with E-state index in [9.17, 15) is 5.11 Å². The first-order valence-electron chi connectivity index (χ1n) is 5.44. The number of nitrogens with zero attached hydrogens (tertiary/aromatic N) is 1. The van der Waals surface area contributed by atoms with Crippen molar-refractivity contribution in [3.8, 4) is 0 Å². The molecule has 0 aromatic carbocycles. The van der Waals surface area contributed by atoms with Crippen molar-refractivity contribution in [3.05, 3.63) is 0 Å². The van der Waals surface area contributed by atoms with Crippen LogP contribution >= 0.6 is 12.4 Å². The monoisotopic (exact) mass is 236 g/mol. The molecule has 0 aliphatic carbocycles. The Balaban J connectivity index is 0.00000112. The number of β-amino-alcohol motifs (C(OH)–C–C–N with tert-alkyl or cyclic N) is 1. The number of rotatable bonds is 1. The first-order valence-corrected chi connectivity index (χ1v) is 5.44. The van der Waals surface area contributed by atoms with E-state index < -0.39 is 0 Å². The molecule has 0 radical (unpaired) electrons. The average Bonchev–Trinajstić information content (AvgIpc) is 2.56. The van der Waals surface area contributed by atoms with Gasteiger partial charge in [-0.3, -0.25) is 4.90 Å². The highest BCUT2D eigenvalue weighted by molar-refractivity contribution is 5.85. The number of hydrogen-bond acceptors (Lipinski definition) is 4. The van der Waals surface area contributed by atoms with Gasteiger partial charge in [0.1, 0.15) is 0 Å². The first-order chi connectivity index (χ1) is 6.68. The molecule has 2 heterocycles. The largest absolute Gasteiger partial charge is 0.390 e. The van der Waals surface area contributed by atoms with E-state index in [-0.39, 0.29) is 24.6 Å². The molecule has 0 aromatic heterocycles. The molecule has 2 N–H and O–H groups in total. The SMILES string of the molecule is CC1CN([C@@H]2CNC[C@H]2O)C(C)CO1.Cl. The van der Waals surface area contributed by atoms with Gasteiger partial charge in [-0.25, -0.2) is 0 Å². The van der Waals surface area contributed by atoms with E-state index in [1.165, 1.54) is 0 Å². The van der Waals surface area contributed by atoms with Crippen LogP contribution < -0.4 is 5.32 Å². The molecule has 2 rings (SSSR count). The predicted molar refractivity (Wildman–Crippen MR) is 61.5 cm³/mol. The molecule has 2 aliphatic heterocycles. The summed E-state index contributed by atoms with van der Waals surface area (Å²) in [5.41, 5.74) is 0. The highest BCUT2D eigenvalue weighted by atomic mass is 35.5. The van der Waals surface area contributed by atoms with Crippen molar-refractivity contribution in [1.29, 1.82) is 0 Å². The van der Waals surface area contributed by atoms with Gasteiger partial charge in [-0.15, -0.1) is 12.4 Å². The van der Waals surface area contributed by atoms with Gasteiger partial charge in [0.2, 0.25) is 0 Å². The van der Waals surface area contributed by atoms with Crippen LogP contribution in [0.1, 0.15) is 13.8 Å². The molecule has 0 saturated carbocycles. The van der Waals surface area contributed by atoms with Crippen LogP contribution in [0.2, 0.25) is 0 Å². The highest BCUT2D eigenvalue weighted by Crippen LogP contribution is 2.18. The van der Waals surface area contributed by atoms with Crippen molar-refractivity contribution in [3.63, 3.8) is 0 Å². The fourth-order valence-electron chi connectivity index (χ4n) is 2.38. The molecule has 90 valence electrons. The van der Waals surface area contributed by atoms with Gasteiger partial charge in [0.15, 0.2) is 0 Å². The van der Waals surface area contributed by atoms with Crippen LogP contribution in [0.4, 0.5) is 0 Å². The van der Waals surface area contributed by atoms with Crippen molar-refractivity contribution >= 4 is 12.4 Å². The fourth-order valence-corrected chi connectivity index (χ4v) is 2.38. The molecule has 2 saturated heterocycles. The lowest BCUT2D eigenvalue weighted by atomic mass is 10.1. The van der Waals surface area contributed by atoms with Crippen molar-refractivity contribution in [2.75, 3.05) is 26.2 Å². The van der Waals surface area contributed by atoms with Crippen LogP contribution in [-0.4, -0.2) is 60.5 Å². The molecule has 2 unspecified atom stereocenters. The molecule has 0 spiro atoms. The van der Waals surface area contributed by atoms with Crippen LogP contribution in [0.25, 0.3) is 0 Å². The molecule has 0 aromatic rings. The van der Waals surface area contributed by atoms with Gasteiger partial charge in [-0.05, 0) is 13.8 Å². The molecule has 2 aliphatic rings. The van der Waals surface area contributed by atoms with E-state index in [1.807, 2.05) is 0 Å². The summed E-state index contributed by atoms with van der Waals surface area (Å²) in [4.78, 5) is 2.37. The van der Waals surface area contributed by atoms with Gasteiger partial charge in [-0.2, -0.15) is 0 Å². The topological polar surface area (TPSA) is 44.7 Å². The van der Waals surface area contributed by atoms with Crippen molar-refractivity contribution in [2.24, 2.45) is 0 Å². The fraction of sp³-hybridized carbons (Fsp3) is 1.00. The van der Waals surface area contributed by atoms with E-state index in [1.54, 1.807) is 0 Å². The van der Waals surface area contributed by atoms with E-state index in [0.29, 0.717) is 12.1 Å². The first kappa shape index (κ1) is 13.2. The van der Waals surface area contributed by atoms with Crippen molar-refractivity contribution in [1.82, 2.24) is 10.2 Å². The van der Waals surface area contributed by atoms with Crippen molar-refractivity contribution < 1.29 is 9.84 Å². The Labute approximate surface area is 97.4 Å². The molecular formula is C10H21ClN2O2. The number of aliphatic hydroxyl groups excluding tert-OH is 1. The summed E-state index contributed by atoms with van der Waals surface area (Å²) in [6, 6.07) is 0.696. The zero-order valence-electron chi connectivity index (χ0n) is 9.35. The van der Waals surface area contributed by atoms with Crippen LogP contribution in [0.3, 0.4) is 0 Å². The Morgan fingerprint density at radius 1 is 1.33 bits per heavy atom. The quantitative estimate of drug-likeness (QED) is 0.665. The summed E-state index contributed by atoms with van der Waals surface area (Å²) in [6.07, 6.45) is 0.0711. The molecule has 0 bridgehead atoms. The minimum Gasteiger partial charge on any atom is -0.390 e. The minimum atomic E-state index is -0.220. The summed E-state index contributed by atoms with van der Waals surface area (Å²) in [5, 5.41) is 13.0. The summed E-state index contributed by atoms with van der Waals surface area (Å²) in [6.45, 7) is 7.60. The standard InChI is InChI=1S/C10H20N2O2.ClH/c1-7-6-14-8(2)5-12(7)9-3-11-4-10(9)13;/h7-11,13H,3-6H2,1-2H3;1H/t7?,8?,9-,10-;/m1./s1. The Morgan fingerprint density at radius 3 is 2.67 bits per heavy atom. The summed E-state index contributed by atoms with van der Waals surface area (Å²) in [7, 11) is 0. The van der Waals surface area contributed by atoms with Gasteiger partial charge in [0.05, 0.1) is 18.8 Å². The lowest BCUT2D eigenvalue weighted by Crippen LogP contribution is -2.55. The maximum Gasteiger partial charge on any atom is 0.0831 e. The van der Waals surface area contributed by atoms with Gasteiger partial charge in [0.25, 0.3) is 0 Å². The number of aliphatic hydroxyl groups is 1. The number of nitrogens with one attached hydrogen (secondary N) is 1. The van der Waals surface area contributed by atoms with Crippen molar-refractivity contribution in [2.45, 2.75) is 38.1 Å². The van der Waals surface area contributed by atoms with E-state index in [2.05, 4.69) is 24.1 Å². The molecule has 5 heteroatoms. The van der Waals surface area contributed by atoms with Gasteiger partial charge >= 0.3 is 0 Å². The Kier molecular flexibility index (Phi) is 4.80. The number of morpholine rings is 1. The summed E-state index contributed by atoms with van der Waals surface area (Å²) < 4.78 is 5.57. The smallest absolute Gasteiger partial charge is 0.0831 e. The second-order valence-corrected chi connectivity index (χ2v) is 4.48. The lowest BCUT2D eigenvalue weighted by Gasteiger charge is -2.41. The third-order valence-electron chi connectivity index (χ3n) is 3.23. The molecule has 4 nitrogen and oxygen atoms in total. The maximum absolute atomic E-state index is 9.80. The Morgan fingerprint density at radius 2 is 2.07 bits per heavy atom. The molecule has 4 atom stereocenters. The molecule has 0 amide bonds. The van der Waals surface area contributed by atoms with Crippen LogP contribution in [0.5, 0.6) is 0 Å². The van der Waals surface area contributed by atoms with E-state index >= 15 is 0 Å². The van der Waals surface area contributed by atoms with Gasteiger partial charge in [-0.1, -0.05) is 0 Å². The zero-order chi connectivity index (χ0) is 10.1. The summed E-state index contributed by atoms with van der Waals surface area (Å²) in [5.74, 6) is 0. The second kappa shape index (κ2) is 5.46. The predicted octanol–water partition coefficient (Wildman–Crippen LogP) is -0.150. The molecular weight excluding hydrogens is 216 g/mol. The van der Waals surface area contributed by atoms with Gasteiger partial charge < -0.3 is 15.2 Å². The lowest BCUT2D eigenvalue weighted by molar-refractivity contribution is -0.0776. The Hall–Kier alpha value is 0.130. The summed E-state index contributed by atoms with van der Waals surface area (Å²) >= 11 is 0. The number of ether oxygens (including phenoxy) is 1. The third-order valence-corrected chi connectivity index (χ3v) is 3.23.